The average Bonchev–Trinajstić information content (AvgIpc) is 3.22. The number of likely N-dealkylation sites (tertiary alicyclic amines) is 1. The monoisotopic (exact) mass is 475 g/mol. The van der Waals surface area contributed by atoms with Gasteiger partial charge in [-0.3, -0.25) is 19.4 Å². The van der Waals surface area contributed by atoms with E-state index in [0.29, 0.717) is 19.3 Å². The quantitative estimate of drug-likeness (QED) is 0.0612. The first-order valence-electron chi connectivity index (χ1n) is 10.2. The summed E-state index contributed by atoms with van der Waals surface area (Å²) in [5, 5.41) is 23.8. The average molecular weight is 476 g/mol. The normalized spacial score (nSPS) is 19.4. The van der Waals surface area contributed by atoms with Crippen molar-refractivity contribution in [2.45, 2.75) is 62.9 Å². The third-order valence-corrected chi connectivity index (χ3v) is 5.38. The number of nitrogens with one attached hydrogen (secondary N) is 2. The van der Waals surface area contributed by atoms with Crippen molar-refractivity contribution in [3.8, 4) is 0 Å². The Morgan fingerprint density at radius 1 is 1.22 bits per heavy atom. The molecule has 0 aromatic heterocycles. The summed E-state index contributed by atoms with van der Waals surface area (Å²) in [6.45, 7) is 1.83. The van der Waals surface area contributed by atoms with Gasteiger partial charge in [-0.25, -0.2) is 4.79 Å². The second-order valence-electron chi connectivity index (χ2n) is 7.55. The molecule has 5 atom stereocenters. The standard InChI is InChI=1S/C18H33N7O6S/c1-9(26)13(19)15(28)24-11(8-32)16(29)25-7-3-5-12(25)14(27)23-10(17(30)31)4-2-6-22-18(20)21/h9-13,26,32H,2-8,19H2,1H3,(H,23,27)(H,24,28)(H,30,31)(H4,20,21,22). The lowest BCUT2D eigenvalue weighted by Gasteiger charge is -2.29. The third kappa shape index (κ3) is 8.16. The number of carboxylic acid groups (broad SMARTS) is 1. The fourth-order valence-electron chi connectivity index (χ4n) is 3.20. The fraction of sp³-hybridized carbons (Fsp3) is 0.722. The molecule has 3 amide bonds. The van der Waals surface area contributed by atoms with Crippen molar-refractivity contribution in [1.29, 1.82) is 0 Å². The molecule has 1 aliphatic rings. The summed E-state index contributed by atoms with van der Waals surface area (Å²) < 4.78 is 0. The molecule has 0 aromatic rings. The Labute approximate surface area is 191 Å². The van der Waals surface area contributed by atoms with Gasteiger partial charge in [0.15, 0.2) is 5.96 Å². The predicted octanol–water partition coefficient (Wildman–Crippen LogP) is -3.28. The summed E-state index contributed by atoms with van der Waals surface area (Å²) in [5.74, 6) is -3.24. The van der Waals surface area contributed by atoms with E-state index in [1.54, 1.807) is 0 Å². The number of carboxylic acids is 1. The molecule has 0 bridgehead atoms. The molecule has 14 heteroatoms. The first kappa shape index (κ1) is 27.5. The molecule has 0 radical (unpaired) electrons. The van der Waals surface area contributed by atoms with Gasteiger partial charge in [0.25, 0.3) is 0 Å². The predicted molar refractivity (Wildman–Crippen MR) is 120 cm³/mol. The van der Waals surface area contributed by atoms with Gasteiger partial charge in [0.1, 0.15) is 24.2 Å². The van der Waals surface area contributed by atoms with Crippen LogP contribution >= 0.6 is 12.6 Å². The van der Waals surface area contributed by atoms with Crippen LogP contribution in [-0.4, -0.2) is 93.9 Å². The van der Waals surface area contributed by atoms with E-state index >= 15 is 0 Å². The summed E-state index contributed by atoms with van der Waals surface area (Å²) in [4.78, 5) is 54.4. The molecule has 32 heavy (non-hydrogen) atoms. The molecule has 1 rings (SSSR count). The van der Waals surface area contributed by atoms with Gasteiger partial charge in [-0.1, -0.05) is 0 Å². The molecule has 1 heterocycles. The Morgan fingerprint density at radius 2 is 1.88 bits per heavy atom. The molecule has 0 aliphatic carbocycles. The highest BCUT2D eigenvalue weighted by molar-refractivity contribution is 7.80. The number of hydrogen-bond donors (Lipinski definition) is 8. The van der Waals surface area contributed by atoms with Gasteiger partial charge in [-0.05, 0) is 32.6 Å². The maximum Gasteiger partial charge on any atom is 0.326 e. The van der Waals surface area contributed by atoms with E-state index in [4.69, 9.17) is 17.2 Å². The largest absolute Gasteiger partial charge is 0.480 e. The van der Waals surface area contributed by atoms with Crippen molar-refractivity contribution in [3.05, 3.63) is 0 Å². The minimum absolute atomic E-state index is 0.0511. The molecule has 0 aromatic carbocycles. The van der Waals surface area contributed by atoms with Gasteiger partial charge in [-0.15, -0.1) is 0 Å². The number of aliphatic carboxylic acids is 1. The maximum absolute atomic E-state index is 12.9. The van der Waals surface area contributed by atoms with E-state index in [1.807, 2.05) is 0 Å². The van der Waals surface area contributed by atoms with E-state index in [9.17, 15) is 29.4 Å². The SMILES string of the molecule is CC(O)C(N)C(=O)NC(CS)C(=O)N1CCCC1C(=O)NC(CCCN=C(N)N)C(=O)O. The van der Waals surface area contributed by atoms with Crippen molar-refractivity contribution in [3.63, 3.8) is 0 Å². The van der Waals surface area contributed by atoms with Crippen LogP contribution in [0, 0.1) is 0 Å². The van der Waals surface area contributed by atoms with Crippen molar-refractivity contribution in [1.82, 2.24) is 15.5 Å². The molecular weight excluding hydrogens is 442 g/mol. The molecule has 182 valence electrons. The molecule has 1 fully saturated rings. The molecule has 13 nitrogen and oxygen atoms in total. The zero-order valence-electron chi connectivity index (χ0n) is 17.9. The Kier molecular flexibility index (Phi) is 11.2. The van der Waals surface area contributed by atoms with Crippen LogP contribution in [0.1, 0.15) is 32.6 Å². The summed E-state index contributed by atoms with van der Waals surface area (Å²) in [5.41, 5.74) is 16.0. The van der Waals surface area contributed by atoms with Gasteiger partial charge in [-0.2, -0.15) is 12.6 Å². The number of thiol groups is 1. The van der Waals surface area contributed by atoms with Gasteiger partial charge >= 0.3 is 5.97 Å². The fourth-order valence-corrected chi connectivity index (χ4v) is 3.45. The van der Waals surface area contributed by atoms with Gasteiger partial charge in [0, 0.05) is 18.8 Å². The van der Waals surface area contributed by atoms with Crippen LogP contribution < -0.4 is 27.8 Å². The summed E-state index contributed by atoms with van der Waals surface area (Å²) >= 11 is 4.10. The Balaban J connectivity index is 2.79. The zero-order chi connectivity index (χ0) is 24.4. The number of rotatable bonds is 12. The van der Waals surface area contributed by atoms with Crippen molar-refractivity contribution >= 4 is 42.3 Å². The molecule has 0 saturated carbocycles. The Bertz CT molecular complexity index is 716. The minimum atomic E-state index is -1.22. The van der Waals surface area contributed by atoms with Crippen LogP contribution in [0.4, 0.5) is 0 Å². The van der Waals surface area contributed by atoms with E-state index in [2.05, 4.69) is 28.3 Å². The summed E-state index contributed by atoms with van der Waals surface area (Å²) in [7, 11) is 0. The van der Waals surface area contributed by atoms with Crippen LogP contribution in [0.5, 0.6) is 0 Å². The number of nitrogens with two attached hydrogens (primary N) is 3. The number of carbonyl (C=O) groups is 4. The molecule has 0 spiro atoms. The van der Waals surface area contributed by atoms with Crippen molar-refractivity contribution in [2.75, 3.05) is 18.8 Å². The number of carbonyl (C=O) groups excluding carboxylic acids is 3. The van der Waals surface area contributed by atoms with Crippen LogP contribution in [0.2, 0.25) is 0 Å². The topological polar surface area (TPSA) is 226 Å². The molecule has 10 N–H and O–H groups in total. The smallest absolute Gasteiger partial charge is 0.326 e. The van der Waals surface area contributed by atoms with Gasteiger partial charge in [0.05, 0.1) is 6.10 Å². The minimum Gasteiger partial charge on any atom is -0.480 e. The van der Waals surface area contributed by atoms with Gasteiger partial charge in [0.2, 0.25) is 17.7 Å². The lowest BCUT2D eigenvalue weighted by molar-refractivity contribution is -0.145. The number of nitrogens with zero attached hydrogens (tertiary/aromatic N) is 2. The number of aliphatic imine (C=N–C) groups is 1. The lowest BCUT2D eigenvalue weighted by atomic mass is 10.1. The number of aliphatic hydroxyl groups excluding tert-OH is 1. The lowest BCUT2D eigenvalue weighted by Crippen LogP contribution is -2.58. The molecule has 1 aliphatic heterocycles. The number of amides is 3. The van der Waals surface area contributed by atoms with Crippen LogP contribution in [0.3, 0.4) is 0 Å². The highest BCUT2D eigenvalue weighted by Gasteiger charge is 2.38. The van der Waals surface area contributed by atoms with E-state index < -0.39 is 54.0 Å². The first-order chi connectivity index (χ1) is 15.0. The van der Waals surface area contributed by atoms with E-state index in [-0.39, 0.29) is 31.2 Å². The van der Waals surface area contributed by atoms with Crippen LogP contribution in [-0.2, 0) is 19.2 Å². The first-order valence-corrected chi connectivity index (χ1v) is 10.9. The van der Waals surface area contributed by atoms with Gasteiger partial charge < -0.3 is 42.9 Å². The number of aliphatic hydroxyl groups is 1. The summed E-state index contributed by atoms with van der Waals surface area (Å²) in [6.07, 6.45) is 0.200. The Hall–Kier alpha value is -2.58. The number of guanidine groups is 1. The molecular formula is C18H33N7O6S. The molecule has 1 saturated heterocycles. The van der Waals surface area contributed by atoms with E-state index in [1.165, 1.54) is 11.8 Å². The maximum atomic E-state index is 12.9. The highest BCUT2D eigenvalue weighted by atomic mass is 32.1. The molecule has 5 unspecified atom stereocenters. The van der Waals surface area contributed by atoms with Crippen molar-refractivity contribution in [2.24, 2.45) is 22.2 Å². The summed E-state index contributed by atoms with van der Waals surface area (Å²) in [6, 6.07) is -4.33. The van der Waals surface area contributed by atoms with Crippen molar-refractivity contribution < 1.29 is 29.4 Å². The number of hydrogen-bond acceptors (Lipinski definition) is 8. The Morgan fingerprint density at radius 3 is 2.41 bits per heavy atom. The van der Waals surface area contributed by atoms with E-state index in [0.717, 1.165) is 0 Å². The zero-order valence-corrected chi connectivity index (χ0v) is 18.8. The second kappa shape index (κ2) is 13.1. The highest BCUT2D eigenvalue weighted by Crippen LogP contribution is 2.19. The second-order valence-corrected chi connectivity index (χ2v) is 7.91. The van der Waals surface area contributed by atoms with Crippen LogP contribution in [0.25, 0.3) is 0 Å². The third-order valence-electron chi connectivity index (χ3n) is 5.02. The van der Waals surface area contributed by atoms with Crippen LogP contribution in [0.15, 0.2) is 4.99 Å².